The summed E-state index contributed by atoms with van der Waals surface area (Å²) in [5, 5.41) is 2.67. The van der Waals surface area contributed by atoms with Crippen LogP contribution in [0.1, 0.15) is 6.42 Å². The molecule has 0 spiro atoms. The number of rotatable bonds is 2. The summed E-state index contributed by atoms with van der Waals surface area (Å²) >= 11 is 0. The number of allylic oxidation sites excluding steroid dienone is 3. The molecule has 2 nitrogen and oxygen atoms in total. The Kier molecular flexibility index (Phi) is 2.05. The maximum absolute atomic E-state index is 10.7. The van der Waals surface area contributed by atoms with Crippen molar-refractivity contribution in [2.45, 2.75) is 6.42 Å². The topological polar surface area (TPSA) is 29.1 Å². The standard InChI is InChI=1S/C8H9NO/c1-2-8(10)9-7-5-3-4-6-7/h2-5H,1,6H2,(H,9,10). The summed E-state index contributed by atoms with van der Waals surface area (Å²) < 4.78 is 0. The number of carbonyl (C=O) groups is 1. The molecule has 0 atom stereocenters. The van der Waals surface area contributed by atoms with Gasteiger partial charge in [0.1, 0.15) is 0 Å². The van der Waals surface area contributed by atoms with Gasteiger partial charge in [-0.1, -0.05) is 18.7 Å². The van der Waals surface area contributed by atoms with E-state index in [1.807, 2.05) is 18.2 Å². The van der Waals surface area contributed by atoms with Gasteiger partial charge in [-0.3, -0.25) is 4.79 Å². The summed E-state index contributed by atoms with van der Waals surface area (Å²) in [4.78, 5) is 10.7. The predicted molar refractivity (Wildman–Crippen MR) is 40.2 cm³/mol. The Labute approximate surface area is 59.9 Å². The molecule has 0 aromatic carbocycles. The van der Waals surface area contributed by atoms with Crippen molar-refractivity contribution in [1.82, 2.24) is 5.32 Å². The van der Waals surface area contributed by atoms with Crippen LogP contribution in [0.4, 0.5) is 0 Å². The van der Waals surface area contributed by atoms with Crippen molar-refractivity contribution in [1.29, 1.82) is 0 Å². The second kappa shape index (κ2) is 3.01. The van der Waals surface area contributed by atoms with E-state index in [9.17, 15) is 4.79 Å². The molecule has 0 radical (unpaired) electrons. The molecule has 0 aliphatic heterocycles. The third-order valence-electron chi connectivity index (χ3n) is 1.24. The van der Waals surface area contributed by atoms with Crippen LogP contribution in [0.25, 0.3) is 0 Å². The zero-order chi connectivity index (χ0) is 7.40. The van der Waals surface area contributed by atoms with Crippen LogP contribution in [-0.4, -0.2) is 5.91 Å². The largest absolute Gasteiger partial charge is 0.326 e. The molecule has 1 N–H and O–H groups in total. The molecule has 1 aliphatic carbocycles. The smallest absolute Gasteiger partial charge is 0.247 e. The van der Waals surface area contributed by atoms with Gasteiger partial charge in [-0.15, -0.1) is 0 Å². The lowest BCUT2D eigenvalue weighted by atomic mass is 10.4. The maximum Gasteiger partial charge on any atom is 0.247 e. The van der Waals surface area contributed by atoms with Gasteiger partial charge in [0.2, 0.25) is 5.91 Å². The molecule has 0 bridgehead atoms. The van der Waals surface area contributed by atoms with Crippen LogP contribution in [0.2, 0.25) is 0 Å². The molecule has 10 heavy (non-hydrogen) atoms. The molecule has 52 valence electrons. The number of hydrogen-bond donors (Lipinski definition) is 1. The summed E-state index contributed by atoms with van der Waals surface area (Å²) in [6.45, 7) is 3.34. The van der Waals surface area contributed by atoms with Gasteiger partial charge in [0.15, 0.2) is 0 Å². The van der Waals surface area contributed by atoms with Crippen molar-refractivity contribution >= 4 is 5.91 Å². The van der Waals surface area contributed by atoms with E-state index in [0.29, 0.717) is 0 Å². The van der Waals surface area contributed by atoms with E-state index in [4.69, 9.17) is 0 Å². The summed E-state index contributed by atoms with van der Waals surface area (Å²) in [6, 6.07) is 0. The van der Waals surface area contributed by atoms with Crippen LogP contribution in [0.5, 0.6) is 0 Å². The first kappa shape index (κ1) is 6.81. The fourth-order valence-corrected chi connectivity index (χ4v) is 0.749. The highest BCUT2D eigenvalue weighted by Gasteiger charge is 2.00. The molecule has 0 aromatic rings. The van der Waals surface area contributed by atoms with Crippen molar-refractivity contribution in [2.75, 3.05) is 0 Å². The number of carbonyl (C=O) groups excluding carboxylic acids is 1. The van der Waals surface area contributed by atoms with Crippen LogP contribution < -0.4 is 5.32 Å². The van der Waals surface area contributed by atoms with Gasteiger partial charge in [0.25, 0.3) is 0 Å². The molecule has 1 aliphatic rings. The number of amides is 1. The third kappa shape index (κ3) is 1.58. The second-order valence-corrected chi connectivity index (χ2v) is 2.02. The van der Waals surface area contributed by atoms with Crippen LogP contribution in [0.15, 0.2) is 36.6 Å². The Balaban J connectivity index is 2.40. The fourth-order valence-electron chi connectivity index (χ4n) is 0.749. The molecule has 0 heterocycles. The molecule has 1 amide bonds. The summed E-state index contributed by atoms with van der Waals surface area (Å²) in [6.07, 6.45) is 7.86. The molecular formula is C8H9NO. The Hall–Kier alpha value is -1.31. The van der Waals surface area contributed by atoms with E-state index in [2.05, 4.69) is 11.9 Å². The van der Waals surface area contributed by atoms with E-state index >= 15 is 0 Å². The quantitative estimate of drug-likeness (QED) is 0.565. The molecule has 0 fully saturated rings. The SMILES string of the molecule is C=CC(=O)NC1=CC=CC1. The van der Waals surface area contributed by atoms with Gasteiger partial charge < -0.3 is 5.32 Å². The van der Waals surface area contributed by atoms with E-state index in [0.717, 1.165) is 12.1 Å². The Morgan fingerprint density at radius 3 is 3.10 bits per heavy atom. The van der Waals surface area contributed by atoms with Crippen LogP contribution in [-0.2, 0) is 4.79 Å². The van der Waals surface area contributed by atoms with Crippen LogP contribution in [0, 0.1) is 0 Å². The van der Waals surface area contributed by atoms with E-state index in [1.54, 1.807) is 0 Å². The first-order chi connectivity index (χ1) is 4.83. The molecule has 0 saturated heterocycles. The minimum absolute atomic E-state index is 0.144. The zero-order valence-electron chi connectivity index (χ0n) is 5.63. The van der Waals surface area contributed by atoms with Gasteiger partial charge in [0.05, 0.1) is 0 Å². The van der Waals surface area contributed by atoms with E-state index in [1.165, 1.54) is 6.08 Å². The second-order valence-electron chi connectivity index (χ2n) is 2.02. The average molecular weight is 135 g/mol. The average Bonchev–Trinajstić information content (AvgIpc) is 2.40. The van der Waals surface area contributed by atoms with Crippen LogP contribution >= 0.6 is 0 Å². The lowest BCUT2D eigenvalue weighted by Gasteiger charge is -1.99. The summed E-state index contributed by atoms with van der Waals surface area (Å²) in [5.74, 6) is -0.144. The molecular weight excluding hydrogens is 126 g/mol. The molecule has 0 unspecified atom stereocenters. The Bertz CT molecular complexity index is 213. The first-order valence-electron chi connectivity index (χ1n) is 3.12. The van der Waals surface area contributed by atoms with E-state index < -0.39 is 0 Å². The van der Waals surface area contributed by atoms with E-state index in [-0.39, 0.29) is 5.91 Å². The van der Waals surface area contributed by atoms with Gasteiger partial charge >= 0.3 is 0 Å². The van der Waals surface area contributed by atoms with Gasteiger partial charge in [-0.25, -0.2) is 0 Å². The molecule has 0 aromatic heterocycles. The Morgan fingerprint density at radius 2 is 2.60 bits per heavy atom. The zero-order valence-corrected chi connectivity index (χ0v) is 5.63. The van der Waals surface area contributed by atoms with Gasteiger partial charge in [-0.05, 0) is 12.2 Å². The maximum atomic E-state index is 10.7. The van der Waals surface area contributed by atoms with Crippen molar-refractivity contribution in [3.8, 4) is 0 Å². The van der Waals surface area contributed by atoms with Crippen LogP contribution in [0.3, 0.4) is 0 Å². The lowest BCUT2D eigenvalue weighted by Crippen LogP contribution is -2.18. The third-order valence-corrected chi connectivity index (χ3v) is 1.24. The normalized spacial score (nSPS) is 14.6. The van der Waals surface area contributed by atoms with Gasteiger partial charge in [-0.2, -0.15) is 0 Å². The summed E-state index contributed by atoms with van der Waals surface area (Å²) in [5.41, 5.74) is 0.935. The monoisotopic (exact) mass is 135 g/mol. The molecule has 1 rings (SSSR count). The highest BCUT2D eigenvalue weighted by atomic mass is 16.1. The lowest BCUT2D eigenvalue weighted by molar-refractivity contribution is -0.115. The number of hydrogen-bond acceptors (Lipinski definition) is 1. The predicted octanol–water partition coefficient (Wildman–Crippen LogP) is 1.13. The van der Waals surface area contributed by atoms with Crippen molar-refractivity contribution in [2.24, 2.45) is 0 Å². The van der Waals surface area contributed by atoms with Crippen molar-refractivity contribution < 1.29 is 4.79 Å². The molecule has 2 heteroatoms. The highest BCUT2D eigenvalue weighted by Crippen LogP contribution is 2.05. The number of nitrogens with one attached hydrogen (secondary N) is 1. The Morgan fingerprint density at radius 1 is 1.80 bits per heavy atom. The highest BCUT2D eigenvalue weighted by molar-refractivity contribution is 5.88. The first-order valence-corrected chi connectivity index (χ1v) is 3.12. The van der Waals surface area contributed by atoms with Crippen molar-refractivity contribution in [3.63, 3.8) is 0 Å². The molecule has 0 saturated carbocycles. The minimum atomic E-state index is -0.144. The minimum Gasteiger partial charge on any atom is -0.326 e. The summed E-state index contributed by atoms with van der Waals surface area (Å²) in [7, 11) is 0. The van der Waals surface area contributed by atoms with Crippen molar-refractivity contribution in [3.05, 3.63) is 36.6 Å². The fraction of sp³-hybridized carbons (Fsp3) is 0.125. The van der Waals surface area contributed by atoms with Gasteiger partial charge in [0, 0.05) is 12.1 Å².